The molecule has 1 atom stereocenters. The molecule has 4 rings (SSSR count). The van der Waals surface area contributed by atoms with Crippen LogP contribution in [-0.2, 0) is 14.4 Å². The number of phenols is 1. The zero-order valence-corrected chi connectivity index (χ0v) is 16.1. The van der Waals surface area contributed by atoms with Gasteiger partial charge in [0, 0.05) is 4.88 Å². The number of hydrogen-bond acceptors (Lipinski definition) is 7. The molecule has 1 aromatic heterocycles. The van der Waals surface area contributed by atoms with Crippen LogP contribution < -0.4 is 4.90 Å². The second-order valence-electron chi connectivity index (χ2n) is 5.87. The molecule has 6 nitrogen and oxygen atoms in total. The first-order valence-corrected chi connectivity index (χ1v) is 10.0. The molecular weight excluding hydrogens is 404 g/mol. The number of rotatable bonds is 3. The van der Waals surface area contributed by atoms with E-state index < -0.39 is 17.9 Å². The maximum absolute atomic E-state index is 12.9. The second-order valence-corrected chi connectivity index (χ2v) is 8.53. The third-order valence-corrected chi connectivity index (χ3v) is 6.33. The number of hydrogen-bond donors (Lipinski definition) is 1. The van der Waals surface area contributed by atoms with Crippen molar-refractivity contribution < 1.29 is 19.5 Å². The molecule has 2 fully saturated rings. The largest absolute Gasteiger partial charge is 0.508 e. The van der Waals surface area contributed by atoms with Crippen LogP contribution in [0.4, 0.5) is 5.69 Å². The SMILES string of the molecule is O=C1C[C@@H](N2C(=O)/C(=C/c3cccs3)SC2=S)C(=O)N1c1ccc(O)cc1. The molecule has 0 radical (unpaired) electrons. The van der Waals surface area contributed by atoms with Crippen molar-refractivity contribution in [1.82, 2.24) is 4.90 Å². The fourth-order valence-corrected chi connectivity index (χ4v) is 5.02. The molecule has 0 unspecified atom stereocenters. The Bertz CT molecular complexity index is 983. The summed E-state index contributed by atoms with van der Waals surface area (Å²) in [7, 11) is 0. The summed E-state index contributed by atoms with van der Waals surface area (Å²) in [6.45, 7) is 0. The quantitative estimate of drug-likeness (QED) is 0.471. The molecule has 0 bridgehead atoms. The van der Waals surface area contributed by atoms with E-state index in [9.17, 15) is 19.5 Å². The van der Waals surface area contributed by atoms with Gasteiger partial charge in [-0.15, -0.1) is 11.3 Å². The first-order chi connectivity index (χ1) is 13.0. The third-order valence-electron chi connectivity index (χ3n) is 4.18. The maximum atomic E-state index is 12.9. The highest BCUT2D eigenvalue weighted by molar-refractivity contribution is 8.26. The lowest BCUT2D eigenvalue weighted by Gasteiger charge is -2.21. The minimum atomic E-state index is -0.951. The van der Waals surface area contributed by atoms with Crippen molar-refractivity contribution in [1.29, 1.82) is 0 Å². The highest BCUT2D eigenvalue weighted by atomic mass is 32.2. The normalized spacial score (nSPS) is 21.8. The van der Waals surface area contributed by atoms with Crippen molar-refractivity contribution in [2.75, 3.05) is 4.90 Å². The zero-order chi connectivity index (χ0) is 19.1. The van der Waals surface area contributed by atoms with Crippen molar-refractivity contribution in [3.8, 4) is 5.75 Å². The van der Waals surface area contributed by atoms with Gasteiger partial charge < -0.3 is 5.11 Å². The smallest absolute Gasteiger partial charge is 0.266 e. The van der Waals surface area contributed by atoms with Crippen LogP contribution >= 0.6 is 35.3 Å². The van der Waals surface area contributed by atoms with Crippen molar-refractivity contribution in [3.05, 3.63) is 51.6 Å². The molecule has 3 heterocycles. The van der Waals surface area contributed by atoms with Gasteiger partial charge in [-0.25, -0.2) is 4.90 Å². The van der Waals surface area contributed by atoms with E-state index in [0.29, 0.717) is 10.6 Å². The van der Waals surface area contributed by atoms with E-state index in [2.05, 4.69) is 0 Å². The summed E-state index contributed by atoms with van der Waals surface area (Å²) < 4.78 is 0.265. The topological polar surface area (TPSA) is 77.9 Å². The number of carbonyl (C=O) groups excluding carboxylic acids is 3. The lowest BCUT2D eigenvalue weighted by atomic mass is 10.2. The molecule has 27 heavy (non-hydrogen) atoms. The fourth-order valence-electron chi connectivity index (χ4n) is 2.94. The minimum absolute atomic E-state index is 0.0325. The van der Waals surface area contributed by atoms with E-state index in [-0.39, 0.29) is 22.4 Å². The van der Waals surface area contributed by atoms with E-state index in [1.165, 1.54) is 40.5 Å². The summed E-state index contributed by atoms with van der Waals surface area (Å²) in [4.78, 5) is 41.7. The van der Waals surface area contributed by atoms with Crippen molar-refractivity contribution >= 4 is 69.1 Å². The number of thioether (sulfide) groups is 1. The standard InChI is InChI=1S/C18H12N2O4S3/c21-11-5-3-10(4-6-11)19-15(22)9-13(16(19)23)20-17(24)14(27-18(20)25)8-12-2-1-7-26-12/h1-8,13,21H,9H2/b14-8-/t13-/m1/s1. The summed E-state index contributed by atoms with van der Waals surface area (Å²) in [5.41, 5.74) is 0.352. The molecule has 0 aliphatic carbocycles. The van der Waals surface area contributed by atoms with Crippen molar-refractivity contribution in [2.24, 2.45) is 0 Å². The van der Waals surface area contributed by atoms with Crippen LogP contribution in [0.25, 0.3) is 6.08 Å². The number of thiocarbonyl (C=S) groups is 1. The monoisotopic (exact) mass is 416 g/mol. The van der Waals surface area contributed by atoms with E-state index in [4.69, 9.17) is 12.2 Å². The first kappa shape index (κ1) is 17.9. The Morgan fingerprint density at radius 1 is 1.15 bits per heavy atom. The van der Waals surface area contributed by atoms with Crippen LogP contribution in [0.5, 0.6) is 5.75 Å². The van der Waals surface area contributed by atoms with Gasteiger partial charge in [-0.2, -0.15) is 0 Å². The number of nitrogens with zero attached hydrogens (tertiary/aromatic N) is 2. The van der Waals surface area contributed by atoms with Gasteiger partial charge in [-0.3, -0.25) is 19.3 Å². The van der Waals surface area contributed by atoms with Crippen LogP contribution in [0.2, 0.25) is 0 Å². The van der Waals surface area contributed by atoms with Gasteiger partial charge in [0.05, 0.1) is 17.0 Å². The predicted molar refractivity (Wildman–Crippen MR) is 108 cm³/mol. The minimum Gasteiger partial charge on any atom is -0.508 e. The van der Waals surface area contributed by atoms with Crippen LogP contribution in [0, 0.1) is 0 Å². The van der Waals surface area contributed by atoms with Crippen LogP contribution in [-0.4, -0.2) is 38.1 Å². The summed E-state index contributed by atoms with van der Waals surface area (Å²) in [6, 6.07) is 8.57. The first-order valence-electron chi connectivity index (χ1n) is 7.92. The van der Waals surface area contributed by atoms with E-state index in [1.807, 2.05) is 17.5 Å². The molecule has 9 heteroatoms. The van der Waals surface area contributed by atoms with Gasteiger partial charge in [-0.1, -0.05) is 30.0 Å². The number of anilines is 1. The lowest BCUT2D eigenvalue weighted by Crippen LogP contribution is -2.44. The molecule has 2 aromatic rings. The molecule has 3 amide bonds. The summed E-state index contributed by atoms with van der Waals surface area (Å²) in [5, 5.41) is 11.3. The lowest BCUT2D eigenvalue weighted by molar-refractivity contribution is -0.129. The molecule has 136 valence electrons. The number of benzene rings is 1. The van der Waals surface area contributed by atoms with Crippen molar-refractivity contribution in [3.63, 3.8) is 0 Å². The summed E-state index contributed by atoms with van der Waals surface area (Å²) in [6.07, 6.45) is 1.61. The van der Waals surface area contributed by atoms with Crippen LogP contribution in [0.15, 0.2) is 46.7 Å². The Morgan fingerprint density at radius 3 is 2.56 bits per heavy atom. The van der Waals surface area contributed by atoms with Gasteiger partial charge in [0.1, 0.15) is 16.1 Å². The number of amides is 3. The zero-order valence-electron chi connectivity index (χ0n) is 13.7. The van der Waals surface area contributed by atoms with Gasteiger partial charge in [0.25, 0.3) is 11.8 Å². The maximum Gasteiger partial charge on any atom is 0.266 e. The molecule has 2 saturated heterocycles. The Kier molecular flexibility index (Phi) is 4.58. The number of thiophene rings is 1. The second kappa shape index (κ2) is 6.91. The highest BCUT2D eigenvalue weighted by Crippen LogP contribution is 2.37. The molecule has 1 N–H and O–H groups in total. The molecule has 0 saturated carbocycles. The van der Waals surface area contributed by atoms with Crippen molar-refractivity contribution in [2.45, 2.75) is 12.5 Å². The Labute approximate surface area is 168 Å². The van der Waals surface area contributed by atoms with Gasteiger partial charge in [0.2, 0.25) is 5.91 Å². The highest BCUT2D eigenvalue weighted by Gasteiger charge is 2.48. The molecule has 0 spiro atoms. The van der Waals surface area contributed by atoms with Gasteiger partial charge >= 0.3 is 0 Å². The number of phenolic OH excluding ortho intramolecular Hbond substituents is 1. The number of imide groups is 1. The Balaban J connectivity index is 1.61. The number of carbonyl (C=O) groups is 3. The Morgan fingerprint density at radius 2 is 1.89 bits per heavy atom. The third kappa shape index (κ3) is 3.18. The summed E-state index contributed by atoms with van der Waals surface area (Å²) in [5.74, 6) is -1.24. The van der Waals surface area contributed by atoms with E-state index in [1.54, 1.807) is 6.08 Å². The average Bonchev–Trinajstić information content (AvgIpc) is 3.30. The van der Waals surface area contributed by atoms with E-state index >= 15 is 0 Å². The van der Waals surface area contributed by atoms with Crippen LogP contribution in [0.3, 0.4) is 0 Å². The fraction of sp³-hybridized carbons (Fsp3) is 0.111. The molecule has 1 aromatic carbocycles. The number of aromatic hydroxyl groups is 1. The molecule has 2 aliphatic heterocycles. The van der Waals surface area contributed by atoms with Gasteiger partial charge in [0.15, 0.2) is 0 Å². The molecule has 2 aliphatic rings. The summed E-state index contributed by atoms with van der Waals surface area (Å²) >= 11 is 7.93. The van der Waals surface area contributed by atoms with Crippen LogP contribution in [0.1, 0.15) is 11.3 Å². The average molecular weight is 417 g/mol. The predicted octanol–water partition coefficient (Wildman–Crippen LogP) is 2.99. The molecular formula is C18H12N2O4S3. The Hall–Kier alpha value is -2.49. The van der Waals surface area contributed by atoms with E-state index in [0.717, 1.165) is 21.5 Å². The van der Waals surface area contributed by atoms with Gasteiger partial charge in [-0.05, 0) is 41.8 Å².